The molecule has 0 saturated heterocycles. The van der Waals surface area contributed by atoms with E-state index in [2.05, 4.69) is 4.74 Å². The summed E-state index contributed by atoms with van der Waals surface area (Å²) in [6.45, 7) is 4.33. The standard InChI is InChI=1S/C13H19NO3/c1-9-5-4-6-12(10(9)2)17-8-11(14)7-13(15)16-3/h4-6,11H,7-8,14H2,1-3H3. The molecular formula is C13H19NO3. The molecule has 0 radical (unpaired) electrons. The van der Waals surface area contributed by atoms with E-state index >= 15 is 0 Å². The first-order valence-electron chi connectivity index (χ1n) is 5.56. The van der Waals surface area contributed by atoms with Crippen LogP contribution in [0.15, 0.2) is 18.2 Å². The van der Waals surface area contributed by atoms with E-state index in [1.165, 1.54) is 12.7 Å². The summed E-state index contributed by atoms with van der Waals surface area (Å²) >= 11 is 0. The van der Waals surface area contributed by atoms with Gasteiger partial charge in [0.05, 0.1) is 13.5 Å². The largest absolute Gasteiger partial charge is 0.492 e. The summed E-state index contributed by atoms with van der Waals surface area (Å²) in [6, 6.07) is 5.51. The van der Waals surface area contributed by atoms with E-state index in [1.807, 2.05) is 32.0 Å². The van der Waals surface area contributed by atoms with Crippen molar-refractivity contribution in [2.24, 2.45) is 5.73 Å². The van der Waals surface area contributed by atoms with Crippen LogP contribution in [-0.2, 0) is 9.53 Å². The lowest BCUT2D eigenvalue weighted by atomic mass is 10.1. The van der Waals surface area contributed by atoms with Crippen LogP contribution in [0.2, 0.25) is 0 Å². The minimum absolute atomic E-state index is 0.168. The van der Waals surface area contributed by atoms with E-state index < -0.39 is 0 Å². The zero-order chi connectivity index (χ0) is 12.8. The van der Waals surface area contributed by atoms with Crippen molar-refractivity contribution in [3.05, 3.63) is 29.3 Å². The molecule has 2 N–H and O–H groups in total. The van der Waals surface area contributed by atoms with Crippen LogP contribution in [0.1, 0.15) is 17.5 Å². The Balaban J connectivity index is 2.50. The van der Waals surface area contributed by atoms with Crippen molar-refractivity contribution in [2.45, 2.75) is 26.3 Å². The third-order valence-electron chi connectivity index (χ3n) is 2.66. The number of ether oxygens (including phenoxy) is 2. The van der Waals surface area contributed by atoms with Crippen LogP contribution in [-0.4, -0.2) is 25.7 Å². The zero-order valence-corrected chi connectivity index (χ0v) is 10.5. The average molecular weight is 237 g/mol. The Kier molecular flexibility index (Phi) is 4.97. The summed E-state index contributed by atoms with van der Waals surface area (Å²) in [7, 11) is 1.35. The number of rotatable bonds is 5. The van der Waals surface area contributed by atoms with Crippen LogP contribution in [0.5, 0.6) is 5.75 Å². The van der Waals surface area contributed by atoms with Gasteiger partial charge in [0.1, 0.15) is 12.4 Å². The van der Waals surface area contributed by atoms with Gasteiger partial charge in [0.25, 0.3) is 0 Å². The van der Waals surface area contributed by atoms with Crippen molar-refractivity contribution in [1.29, 1.82) is 0 Å². The maximum Gasteiger partial charge on any atom is 0.307 e. The Labute approximate surface area is 102 Å². The molecule has 0 saturated carbocycles. The smallest absolute Gasteiger partial charge is 0.307 e. The van der Waals surface area contributed by atoms with E-state index in [0.717, 1.165) is 11.3 Å². The molecule has 0 spiro atoms. The molecule has 4 heteroatoms. The van der Waals surface area contributed by atoms with Crippen LogP contribution in [0.25, 0.3) is 0 Å². The monoisotopic (exact) mass is 237 g/mol. The van der Waals surface area contributed by atoms with E-state index in [4.69, 9.17) is 10.5 Å². The van der Waals surface area contributed by atoms with Crippen LogP contribution >= 0.6 is 0 Å². The second-order valence-electron chi connectivity index (χ2n) is 4.05. The lowest BCUT2D eigenvalue weighted by Gasteiger charge is -2.14. The third kappa shape index (κ3) is 4.07. The summed E-state index contributed by atoms with van der Waals surface area (Å²) < 4.78 is 10.1. The fourth-order valence-corrected chi connectivity index (χ4v) is 1.43. The summed E-state index contributed by atoms with van der Waals surface area (Å²) in [5.74, 6) is 0.493. The fourth-order valence-electron chi connectivity index (χ4n) is 1.43. The number of carbonyl (C=O) groups excluding carboxylic acids is 1. The Bertz CT molecular complexity index is 390. The van der Waals surface area contributed by atoms with Crippen LogP contribution in [0.3, 0.4) is 0 Å². The zero-order valence-electron chi connectivity index (χ0n) is 10.5. The Hall–Kier alpha value is -1.55. The average Bonchev–Trinajstić information content (AvgIpc) is 2.31. The topological polar surface area (TPSA) is 61.5 Å². The molecule has 0 amide bonds. The molecule has 0 aliphatic rings. The minimum atomic E-state index is -0.345. The highest BCUT2D eigenvalue weighted by atomic mass is 16.5. The summed E-state index contributed by atoms with van der Waals surface area (Å²) in [5.41, 5.74) is 8.03. The van der Waals surface area contributed by atoms with E-state index in [9.17, 15) is 4.79 Å². The van der Waals surface area contributed by atoms with Crippen molar-refractivity contribution in [3.63, 3.8) is 0 Å². The maximum atomic E-state index is 11.0. The fraction of sp³-hybridized carbons (Fsp3) is 0.462. The number of aryl methyl sites for hydroxylation is 1. The van der Waals surface area contributed by atoms with Crippen LogP contribution in [0.4, 0.5) is 0 Å². The van der Waals surface area contributed by atoms with Gasteiger partial charge < -0.3 is 15.2 Å². The molecule has 1 aromatic carbocycles. The van der Waals surface area contributed by atoms with Crippen molar-refractivity contribution in [3.8, 4) is 5.75 Å². The maximum absolute atomic E-state index is 11.0. The summed E-state index contributed by atoms with van der Waals surface area (Å²) in [4.78, 5) is 11.0. The summed E-state index contributed by atoms with van der Waals surface area (Å²) in [5, 5.41) is 0. The number of hydrogen-bond acceptors (Lipinski definition) is 4. The van der Waals surface area contributed by atoms with E-state index in [1.54, 1.807) is 0 Å². The highest BCUT2D eigenvalue weighted by Crippen LogP contribution is 2.20. The molecule has 0 aliphatic carbocycles. The van der Waals surface area contributed by atoms with Crippen molar-refractivity contribution in [1.82, 2.24) is 0 Å². The molecule has 1 unspecified atom stereocenters. The first-order chi connectivity index (χ1) is 8.04. The van der Waals surface area contributed by atoms with Crippen molar-refractivity contribution in [2.75, 3.05) is 13.7 Å². The normalized spacial score (nSPS) is 12.0. The van der Waals surface area contributed by atoms with Gasteiger partial charge in [-0.25, -0.2) is 0 Å². The predicted molar refractivity (Wildman–Crippen MR) is 66.0 cm³/mol. The molecule has 0 bridgehead atoms. The highest BCUT2D eigenvalue weighted by molar-refractivity contribution is 5.69. The number of benzene rings is 1. The first kappa shape index (κ1) is 13.5. The number of esters is 1. The molecule has 94 valence electrons. The number of methoxy groups -OCH3 is 1. The third-order valence-corrected chi connectivity index (χ3v) is 2.66. The molecular weight excluding hydrogens is 218 g/mol. The molecule has 0 aliphatic heterocycles. The molecule has 1 atom stereocenters. The van der Waals surface area contributed by atoms with Gasteiger partial charge in [-0.05, 0) is 31.0 Å². The minimum Gasteiger partial charge on any atom is -0.492 e. The van der Waals surface area contributed by atoms with Gasteiger partial charge in [-0.1, -0.05) is 12.1 Å². The van der Waals surface area contributed by atoms with Crippen molar-refractivity contribution < 1.29 is 14.3 Å². The molecule has 0 fully saturated rings. The highest BCUT2D eigenvalue weighted by Gasteiger charge is 2.11. The van der Waals surface area contributed by atoms with Gasteiger partial charge in [0, 0.05) is 6.04 Å². The van der Waals surface area contributed by atoms with Gasteiger partial charge in [-0.2, -0.15) is 0 Å². The molecule has 1 aromatic rings. The SMILES string of the molecule is COC(=O)CC(N)COc1cccc(C)c1C. The number of nitrogens with two attached hydrogens (primary N) is 1. The van der Waals surface area contributed by atoms with Gasteiger partial charge >= 0.3 is 5.97 Å². The van der Waals surface area contributed by atoms with E-state index in [-0.39, 0.29) is 18.4 Å². The van der Waals surface area contributed by atoms with Gasteiger partial charge in [-0.3, -0.25) is 4.79 Å². The quantitative estimate of drug-likeness (QED) is 0.790. The van der Waals surface area contributed by atoms with Gasteiger partial charge in [-0.15, -0.1) is 0 Å². The lowest BCUT2D eigenvalue weighted by molar-refractivity contribution is -0.141. The van der Waals surface area contributed by atoms with E-state index in [0.29, 0.717) is 6.61 Å². The lowest BCUT2D eigenvalue weighted by Crippen LogP contribution is -2.31. The second-order valence-corrected chi connectivity index (χ2v) is 4.05. The Morgan fingerprint density at radius 3 is 2.76 bits per heavy atom. The molecule has 0 aromatic heterocycles. The number of hydrogen-bond donors (Lipinski definition) is 1. The first-order valence-corrected chi connectivity index (χ1v) is 5.56. The Morgan fingerprint density at radius 2 is 2.12 bits per heavy atom. The van der Waals surface area contributed by atoms with Crippen LogP contribution in [0, 0.1) is 13.8 Å². The number of carbonyl (C=O) groups is 1. The van der Waals surface area contributed by atoms with Gasteiger partial charge in [0.15, 0.2) is 0 Å². The predicted octanol–water partition coefficient (Wildman–Crippen LogP) is 1.57. The van der Waals surface area contributed by atoms with Crippen LogP contribution < -0.4 is 10.5 Å². The second kappa shape index (κ2) is 6.25. The molecule has 4 nitrogen and oxygen atoms in total. The van der Waals surface area contributed by atoms with Gasteiger partial charge in [0.2, 0.25) is 0 Å². The Morgan fingerprint density at radius 1 is 1.41 bits per heavy atom. The van der Waals surface area contributed by atoms with Crippen molar-refractivity contribution >= 4 is 5.97 Å². The molecule has 1 rings (SSSR count). The molecule has 0 heterocycles. The summed E-state index contributed by atoms with van der Waals surface area (Å²) in [6.07, 6.45) is 0.168. The molecule has 17 heavy (non-hydrogen) atoms.